The average Bonchev–Trinajstić information content (AvgIpc) is 2.90. The fourth-order valence-electron chi connectivity index (χ4n) is 3.84. The largest absolute Gasteiger partial charge is 0.336 e. The molecular formula is C19H28ClN3O2. The highest BCUT2D eigenvalue weighted by molar-refractivity contribution is 6.09. The number of rotatable bonds is 2. The van der Waals surface area contributed by atoms with Crippen LogP contribution in [0.15, 0.2) is 18.2 Å². The standard InChI is InChI=1S/C19H27N3O2.ClH/c1-12-9-13(2)11-16(10-12)22-7-5-17(19(22)24)18(23)21-8-6-20-14(3)15(21)4;/h9-11,14-15,17,20H,5-8H2,1-4H3;1H. The Hall–Kier alpha value is -1.59. The maximum Gasteiger partial charge on any atom is 0.239 e. The number of anilines is 1. The van der Waals surface area contributed by atoms with Crippen molar-refractivity contribution in [3.63, 3.8) is 0 Å². The van der Waals surface area contributed by atoms with Crippen LogP contribution in [0.3, 0.4) is 0 Å². The molecular weight excluding hydrogens is 338 g/mol. The van der Waals surface area contributed by atoms with E-state index in [0.29, 0.717) is 19.5 Å². The van der Waals surface area contributed by atoms with Crippen molar-refractivity contribution in [2.75, 3.05) is 24.5 Å². The summed E-state index contributed by atoms with van der Waals surface area (Å²) in [6, 6.07) is 6.51. The number of aryl methyl sites for hydroxylation is 2. The van der Waals surface area contributed by atoms with Crippen LogP contribution in [0.1, 0.15) is 31.4 Å². The fraction of sp³-hybridized carbons (Fsp3) is 0.579. The molecule has 25 heavy (non-hydrogen) atoms. The van der Waals surface area contributed by atoms with Crippen LogP contribution in [0, 0.1) is 19.8 Å². The van der Waals surface area contributed by atoms with Gasteiger partial charge in [-0.25, -0.2) is 0 Å². The highest BCUT2D eigenvalue weighted by atomic mass is 35.5. The van der Waals surface area contributed by atoms with Crippen LogP contribution < -0.4 is 10.2 Å². The maximum absolute atomic E-state index is 12.9. The molecule has 0 aliphatic carbocycles. The summed E-state index contributed by atoms with van der Waals surface area (Å²) in [7, 11) is 0. The molecule has 5 nitrogen and oxygen atoms in total. The van der Waals surface area contributed by atoms with Crippen molar-refractivity contribution in [1.82, 2.24) is 10.2 Å². The van der Waals surface area contributed by atoms with E-state index < -0.39 is 5.92 Å². The van der Waals surface area contributed by atoms with Gasteiger partial charge in [0.1, 0.15) is 5.92 Å². The van der Waals surface area contributed by atoms with Crippen LogP contribution in [0.5, 0.6) is 0 Å². The zero-order valence-corrected chi connectivity index (χ0v) is 16.2. The van der Waals surface area contributed by atoms with E-state index in [1.807, 2.05) is 30.9 Å². The monoisotopic (exact) mass is 365 g/mol. The molecule has 1 N–H and O–H groups in total. The molecule has 0 bridgehead atoms. The normalized spacial score (nSPS) is 26.6. The van der Waals surface area contributed by atoms with Crippen molar-refractivity contribution in [2.45, 2.75) is 46.2 Å². The number of hydrogen-bond acceptors (Lipinski definition) is 3. The predicted octanol–water partition coefficient (Wildman–Crippen LogP) is 2.29. The molecule has 6 heteroatoms. The molecule has 3 rings (SSSR count). The Morgan fingerprint density at radius 3 is 2.40 bits per heavy atom. The van der Waals surface area contributed by atoms with Crippen LogP contribution in [0.2, 0.25) is 0 Å². The summed E-state index contributed by atoms with van der Waals surface area (Å²) in [5.41, 5.74) is 3.18. The number of benzene rings is 1. The van der Waals surface area contributed by atoms with Crippen LogP contribution in [-0.4, -0.2) is 48.4 Å². The number of carbonyl (C=O) groups is 2. The Bertz CT molecular complexity index is 644. The first kappa shape index (κ1) is 19.7. The summed E-state index contributed by atoms with van der Waals surface area (Å²) in [5, 5.41) is 3.38. The summed E-state index contributed by atoms with van der Waals surface area (Å²) in [5.74, 6) is -0.588. The number of nitrogens with one attached hydrogen (secondary N) is 1. The Morgan fingerprint density at radius 1 is 1.12 bits per heavy atom. The van der Waals surface area contributed by atoms with E-state index in [1.54, 1.807) is 4.90 Å². The summed E-state index contributed by atoms with van der Waals surface area (Å²) >= 11 is 0. The molecule has 3 atom stereocenters. The highest BCUT2D eigenvalue weighted by Crippen LogP contribution is 2.29. The topological polar surface area (TPSA) is 52.7 Å². The molecule has 2 amide bonds. The van der Waals surface area contributed by atoms with Crippen LogP contribution in [0.4, 0.5) is 5.69 Å². The van der Waals surface area contributed by atoms with E-state index in [0.717, 1.165) is 23.4 Å². The van der Waals surface area contributed by atoms with Crippen molar-refractivity contribution in [1.29, 1.82) is 0 Å². The summed E-state index contributed by atoms with van der Waals surface area (Å²) in [6.45, 7) is 10.3. The lowest BCUT2D eigenvalue weighted by Crippen LogP contribution is -2.58. The van der Waals surface area contributed by atoms with E-state index >= 15 is 0 Å². The molecule has 0 radical (unpaired) electrons. The minimum absolute atomic E-state index is 0. The molecule has 2 fully saturated rings. The first-order valence-corrected chi connectivity index (χ1v) is 8.82. The van der Waals surface area contributed by atoms with Gasteiger partial charge in [0, 0.05) is 37.4 Å². The quantitative estimate of drug-likeness (QED) is 0.818. The van der Waals surface area contributed by atoms with Crippen LogP contribution >= 0.6 is 12.4 Å². The van der Waals surface area contributed by atoms with E-state index in [9.17, 15) is 9.59 Å². The third kappa shape index (κ3) is 3.82. The SMILES string of the molecule is Cc1cc(C)cc(N2CCC(C(=O)N3CCNC(C)C3C)C2=O)c1.Cl. The lowest BCUT2D eigenvalue weighted by Gasteiger charge is -2.39. The average molecular weight is 366 g/mol. The predicted molar refractivity (Wildman–Crippen MR) is 102 cm³/mol. The number of hydrogen-bond donors (Lipinski definition) is 1. The molecule has 2 saturated heterocycles. The van der Waals surface area contributed by atoms with Gasteiger partial charge < -0.3 is 15.1 Å². The van der Waals surface area contributed by atoms with Gasteiger partial charge in [0.15, 0.2) is 0 Å². The van der Waals surface area contributed by atoms with Crippen LogP contribution in [-0.2, 0) is 9.59 Å². The second kappa shape index (κ2) is 7.75. The lowest BCUT2D eigenvalue weighted by atomic mass is 10.0. The Balaban J connectivity index is 0.00000225. The van der Waals surface area contributed by atoms with Crippen molar-refractivity contribution in [2.24, 2.45) is 5.92 Å². The van der Waals surface area contributed by atoms with Crippen molar-refractivity contribution >= 4 is 29.9 Å². The van der Waals surface area contributed by atoms with Crippen molar-refractivity contribution in [3.8, 4) is 0 Å². The van der Waals surface area contributed by atoms with Gasteiger partial charge in [-0.1, -0.05) is 6.07 Å². The van der Waals surface area contributed by atoms with Crippen LogP contribution in [0.25, 0.3) is 0 Å². The third-order valence-corrected chi connectivity index (χ3v) is 5.34. The van der Waals surface area contributed by atoms with E-state index in [-0.39, 0.29) is 36.3 Å². The first-order chi connectivity index (χ1) is 11.4. The number of carbonyl (C=O) groups excluding carboxylic acids is 2. The molecule has 0 saturated carbocycles. The van der Waals surface area contributed by atoms with Gasteiger partial charge in [0.05, 0.1) is 0 Å². The van der Waals surface area contributed by atoms with Gasteiger partial charge in [-0.2, -0.15) is 0 Å². The highest BCUT2D eigenvalue weighted by Gasteiger charge is 2.42. The molecule has 1 aromatic carbocycles. The zero-order chi connectivity index (χ0) is 17.4. The number of halogens is 1. The smallest absolute Gasteiger partial charge is 0.239 e. The van der Waals surface area contributed by atoms with Crippen molar-refractivity contribution in [3.05, 3.63) is 29.3 Å². The molecule has 2 aliphatic rings. The minimum Gasteiger partial charge on any atom is -0.336 e. The third-order valence-electron chi connectivity index (χ3n) is 5.34. The molecule has 2 heterocycles. The van der Waals surface area contributed by atoms with Gasteiger partial charge >= 0.3 is 0 Å². The zero-order valence-electron chi connectivity index (χ0n) is 15.4. The summed E-state index contributed by atoms with van der Waals surface area (Å²) in [6.07, 6.45) is 0.607. The molecule has 3 unspecified atom stereocenters. The Labute approximate surface area is 156 Å². The molecule has 2 aliphatic heterocycles. The Morgan fingerprint density at radius 2 is 1.76 bits per heavy atom. The van der Waals surface area contributed by atoms with Gasteiger partial charge in [-0.3, -0.25) is 9.59 Å². The molecule has 1 aromatic rings. The number of amides is 2. The summed E-state index contributed by atoms with van der Waals surface area (Å²) < 4.78 is 0. The first-order valence-electron chi connectivity index (χ1n) is 8.82. The summed E-state index contributed by atoms with van der Waals surface area (Å²) in [4.78, 5) is 29.5. The molecule has 0 aromatic heterocycles. The second-order valence-corrected chi connectivity index (χ2v) is 7.19. The number of nitrogens with zero attached hydrogens (tertiary/aromatic N) is 2. The fourth-order valence-corrected chi connectivity index (χ4v) is 3.84. The van der Waals surface area contributed by atoms with E-state index in [2.05, 4.69) is 25.2 Å². The van der Waals surface area contributed by atoms with E-state index in [4.69, 9.17) is 0 Å². The van der Waals surface area contributed by atoms with Gasteiger partial charge in [-0.05, 0) is 57.4 Å². The minimum atomic E-state index is -0.529. The Kier molecular flexibility index (Phi) is 6.12. The van der Waals surface area contributed by atoms with Gasteiger partial charge in [0.25, 0.3) is 0 Å². The maximum atomic E-state index is 12.9. The molecule has 0 spiro atoms. The van der Waals surface area contributed by atoms with Crippen molar-refractivity contribution < 1.29 is 9.59 Å². The number of piperazine rings is 1. The van der Waals surface area contributed by atoms with Gasteiger partial charge in [-0.15, -0.1) is 12.4 Å². The van der Waals surface area contributed by atoms with Gasteiger partial charge in [0.2, 0.25) is 11.8 Å². The van der Waals surface area contributed by atoms with E-state index in [1.165, 1.54) is 0 Å². The molecule has 138 valence electrons. The second-order valence-electron chi connectivity index (χ2n) is 7.19. The lowest BCUT2D eigenvalue weighted by molar-refractivity contribution is -0.142.